The van der Waals surface area contributed by atoms with E-state index in [0.717, 1.165) is 0 Å². The van der Waals surface area contributed by atoms with Gasteiger partial charge >= 0.3 is 0 Å². The van der Waals surface area contributed by atoms with Gasteiger partial charge in [-0.05, 0) is 18.2 Å². The van der Waals surface area contributed by atoms with Gasteiger partial charge in [-0.2, -0.15) is 5.10 Å². The number of hydrogen-bond donors (Lipinski definition) is 2. The van der Waals surface area contributed by atoms with Crippen LogP contribution in [0.3, 0.4) is 0 Å². The molecule has 5 heteroatoms. The molecule has 0 aliphatic heterocycles. The van der Waals surface area contributed by atoms with E-state index in [1.807, 2.05) is 12.1 Å². The molecule has 78 valence electrons. The van der Waals surface area contributed by atoms with E-state index in [2.05, 4.69) is 20.5 Å². The summed E-state index contributed by atoms with van der Waals surface area (Å²) in [6.07, 6.45) is 5.09. The van der Waals surface area contributed by atoms with Gasteiger partial charge in [0.2, 0.25) is 5.91 Å². The average Bonchev–Trinajstić information content (AvgIpc) is 2.76. The fourth-order valence-electron chi connectivity index (χ4n) is 0.832. The lowest BCUT2D eigenvalue weighted by molar-refractivity contribution is -0.114. The number of H-pyrrole nitrogens is 1. The molecule has 2 rings (SSSR count). The van der Waals surface area contributed by atoms with E-state index in [0.29, 0.717) is 5.82 Å². The Labute approximate surface area is 87.6 Å². The molecule has 2 aromatic heterocycles. The van der Waals surface area contributed by atoms with Gasteiger partial charge in [0.15, 0.2) is 0 Å². The number of aromatic nitrogens is 3. The number of amides is 1. The minimum Gasteiger partial charge on any atom is -0.311 e. The lowest BCUT2D eigenvalue weighted by atomic mass is 10.4. The zero-order chi connectivity index (χ0) is 10.9. The third kappa shape index (κ3) is 5.20. The molecule has 0 saturated carbocycles. The molecule has 0 aromatic carbocycles. The second-order valence-corrected chi connectivity index (χ2v) is 2.66. The number of carbonyl (C=O) groups excluding carboxylic acids is 1. The van der Waals surface area contributed by atoms with Crippen LogP contribution in [0.4, 0.5) is 5.82 Å². The summed E-state index contributed by atoms with van der Waals surface area (Å²) >= 11 is 0. The number of anilines is 1. The standard InChI is InChI=1S/C7H8N2O.C3H4N2/c1-6(10)9-7-4-2-3-5-8-7;1-2-4-5-3-1/h2-5H,1H3,(H,8,9,10);1-3H,(H,4,5). The summed E-state index contributed by atoms with van der Waals surface area (Å²) in [5.74, 6) is 0.494. The van der Waals surface area contributed by atoms with Gasteiger partial charge in [0.1, 0.15) is 5.82 Å². The number of carbonyl (C=O) groups is 1. The molecule has 2 heterocycles. The molecule has 0 aliphatic rings. The van der Waals surface area contributed by atoms with Crippen LogP contribution in [-0.4, -0.2) is 21.1 Å². The summed E-state index contributed by atoms with van der Waals surface area (Å²) in [6, 6.07) is 7.19. The monoisotopic (exact) mass is 204 g/mol. The van der Waals surface area contributed by atoms with Crippen molar-refractivity contribution in [1.82, 2.24) is 15.2 Å². The highest BCUT2D eigenvalue weighted by Gasteiger charge is 1.91. The van der Waals surface area contributed by atoms with Crippen molar-refractivity contribution in [2.75, 3.05) is 5.32 Å². The van der Waals surface area contributed by atoms with Crippen molar-refractivity contribution in [1.29, 1.82) is 0 Å². The van der Waals surface area contributed by atoms with Crippen LogP contribution in [-0.2, 0) is 4.79 Å². The summed E-state index contributed by atoms with van der Waals surface area (Å²) in [4.78, 5) is 14.3. The minimum absolute atomic E-state index is 0.0984. The minimum atomic E-state index is -0.0984. The zero-order valence-electron chi connectivity index (χ0n) is 8.34. The van der Waals surface area contributed by atoms with Gasteiger partial charge in [-0.25, -0.2) is 4.98 Å². The lowest BCUT2D eigenvalue weighted by Crippen LogP contribution is -2.06. The summed E-state index contributed by atoms with van der Waals surface area (Å²) < 4.78 is 0. The van der Waals surface area contributed by atoms with Gasteiger partial charge < -0.3 is 5.32 Å². The molecule has 5 nitrogen and oxygen atoms in total. The highest BCUT2D eigenvalue weighted by atomic mass is 16.1. The number of rotatable bonds is 1. The van der Waals surface area contributed by atoms with Gasteiger partial charge in [0.25, 0.3) is 0 Å². The van der Waals surface area contributed by atoms with E-state index < -0.39 is 0 Å². The van der Waals surface area contributed by atoms with Gasteiger partial charge in [-0.1, -0.05) is 6.07 Å². The topological polar surface area (TPSA) is 70.7 Å². The fraction of sp³-hybridized carbons (Fsp3) is 0.100. The number of nitrogens with zero attached hydrogens (tertiary/aromatic N) is 2. The highest BCUT2D eigenvalue weighted by molar-refractivity contribution is 5.87. The van der Waals surface area contributed by atoms with Gasteiger partial charge in [-0.3, -0.25) is 9.89 Å². The molecule has 0 radical (unpaired) electrons. The Hall–Kier alpha value is -2.17. The Morgan fingerprint density at radius 1 is 1.33 bits per heavy atom. The second kappa shape index (κ2) is 6.31. The van der Waals surface area contributed by atoms with Gasteiger partial charge in [-0.15, -0.1) is 0 Å². The van der Waals surface area contributed by atoms with E-state index in [9.17, 15) is 4.79 Å². The molecule has 2 aromatic rings. The maximum atomic E-state index is 10.5. The van der Waals surface area contributed by atoms with Crippen molar-refractivity contribution >= 4 is 11.7 Å². The summed E-state index contributed by atoms with van der Waals surface area (Å²) in [5.41, 5.74) is 0. The van der Waals surface area contributed by atoms with Crippen LogP contribution in [0.2, 0.25) is 0 Å². The number of pyridine rings is 1. The van der Waals surface area contributed by atoms with Crippen LogP contribution >= 0.6 is 0 Å². The summed E-state index contributed by atoms with van der Waals surface area (Å²) in [7, 11) is 0. The molecule has 0 saturated heterocycles. The predicted octanol–water partition coefficient (Wildman–Crippen LogP) is 1.45. The molecule has 0 spiro atoms. The highest BCUT2D eigenvalue weighted by Crippen LogP contribution is 1.97. The maximum absolute atomic E-state index is 10.5. The maximum Gasteiger partial charge on any atom is 0.222 e. The van der Waals surface area contributed by atoms with Crippen LogP contribution in [0.15, 0.2) is 42.9 Å². The van der Waals surface area contributed by atoms with Gasteiger partial charge in [0.05, 0.1) is 0 Å². The quantitative estimate of drug-likeness (QED) is 0.738. The second-order valence-electron chi connectivity index (χ2n) is 2.66. The third-order valence-electron chi connectivity index (χ3n) is 1.37. The number of nitrogens with one attached hydrogen (secondary N) is 2. The molecule has 0 fully saturated rings. The zero-order valence-corrected chi connectivity index (χ0v) is 8.34. The Morgan fingerprint density at radius 3 is 2.60 bits per heavy atom. The lowest BCUT2D eigenvalue weighted by Gasteiger charge is -1.96. The Kier molecular flexibility index (Phi) is 4.59. The van der Waals surface area contributed by atoms with Crippen molar-refractivity contribution in [3.63, 3.8) is 0 Å². The molecule has 2 N–H and O–H groups in total. The summed E-state index contributed by atoms with van der Waals surface area (Å²) in [5, 5.41) is 8.76. The molecule has 1 amide bonds. The first-order valence-electron chi connectivity index (χ1n) is 4.41. The van der Waals surface area contributed by atoms with E-state index >= 15 is 0 Å². The van der Waals surface area contributed by atoms with Crippen LogP contribution < -0.4 is 5.32 Å². The van der Waals surface area contributed by atoms with E-state index in [-0.39, 0.29) is 5.91 Å². The predicted molar refractivity (Wildman–Crippen MR) is 57.1 cm³/mol. The van der Waals surface area contributed by atoms with Crippen molar-refractivity contribution in [3.05, 3.63) is 42.9 Å². The molecular weight excluding hydrogens is 192 g/mol. The van der Waals surface area contributed by atoms with Crippen LogP contribution in [0.5, 0.6) is 0 Å². The van der Waals surface area contributed by atoms with Crippen molar-refractivity contribution in [2.24, 2.45) is 0 Å². The normalized spacial score (nSPS) is 8.60. The molecule has 0 atom stereocenters. The largest absolute Gasteiger partial charge is 0.311 e. The first kappa shape index (κ1) is 10.9. The van der Waals surface area contributed by atoms with Crippen LogP contribution in [0.1, 0.15) is 6.92 Å². The molecule has 0 aliphatic carbocycles. The van der Waals surface area contributed by atoms with Gasteiger partial charge in [0, 0.05) is 25.5 Å². The van der Waals surface area contributed by atoms with Crippen molar-refractivity contribution in [3.8, 4) is 0 Å². The Morgan fingerprint density at radius 2 is 2.20 bits per heavy atom. The SMILES string of the molecule is CC(=O)Nc1ccccn1.c1cn[nH]c1. The van der Waals surface area contributed by atoms with Crippen molar-refractivity contribution < 1.29 is 4.79 Å². The van der Waals surface area contributed by atoms with E-state index in [4.69, 9.17) is 0 Å². The Balaban J connectivity index is 0.000000187. The fourth-order valence-corrected chi connectivity index (χ4v) is 0.832. The first-order chi connectivity index (χ1) is 7.29. The molecular formula is C10H12N4O. The molecule has 15 heavy (non-hydrogen) atoms. The first-order valence-corrected chi connectivity index (χ1v) is 4.41. The average molecular weight is 204 g/mol. The molecule has 0 unspecified atom stereocenters. The molecule has 0 bridgehead atoms. The van der Waals surface area contributed by atoms with Crippen LogP contribution in [0, 0.1) is 0 Å². The summed E-state index contributed by atoms with van der Waals surface area (Å²) in [6.45, 7) is 1.45. The van der Waals surface area contributed by atoms with E-state index in [1.165, 1.54) is 6.92 Å². The van der Waals surface area contributed by atoms with Crippen molar-refractivity contribution in [2.45, 2.75) is 6.92 Å². The smallest absolute Gasteiger partial charge is 0.222 e. The Bertz CT molecular complexity index is 354. The van der Waals surface area contributed by atoms with Crippen LogP contribution in [0.25, 0.3) is 0 Å². The number of aromatic amines is 1. The third-order valence-corrected chi connectivity index (χ3v) is 1.37. The van der Waals surface area contributed by atoms with E-state index in [1.54, 1.807) is 30.7 Å². The number of hydrogen-bond acceptors (Lipinski definition) is 3.